The zero-order valence-corrected chi connectivity index (χ0v) is 11.1. The highest BCUT2D eigenvalue weighted by Crippen LogP contribution is 2.19. The Morgan fingerprint density at radius 3 is 2.42 bits per heavy atom. The Kier molecular flexibility index (Phi) is 3.76. The summed E-state index contributed by atoms with van der Waals surface area (Å²) in [4.78, 5) is 23.0. The smallest absolute Gasteiger partial charge is 0.335 e. The fourth-order valence-electron chi connectivity index (χ4n) is 1.62. The molecule has 0 bridgehead atoms. The van der Waals surface area contributed by atoms with Gasteiger partial charge in [0.25, 0.3) is 0 Å². The van der Waals surface area contributed by atoms with Gasteiger partial charge in [-0.25, -0.2) is 9.18 Å². The number of benzene rings is 2. The number of ketones is 1. The molecule has 0 radical (unpaired) electrons. The van der Waals surface area contributed by atoms with Crippen molar-refractivity contribution in [1.29, 1.82) is 0 Å². The van der Waals surface area contributed by atoms with E-state index in [0.717, 1.165) is 0 Å². The molecule has 0 heterocycles. The van der Waals surface area contributed by atoms with Crippen LogP contribution in [0.3, 0.4) is 0 Å². The Morgan fingerprint density at radius 2 is 1.74 bits per heavy atom. The van der Waals surface area contributed by atoms with Crippen molar-refractivity contribution in [3.05, 3.63) is 69.4 Å². The summed E-state index contributed by atoms with van der Waals surface area (Å²) in [5, 5.41) is 8.87. The first-order valence-corrected chi connectivity index (χ1v) is 6.11. The van der Waals surface area contributed by atoms with Crippen molar-refractivity contribution in [1.82, 2.24) is 0 Å². The number of carbonyl (C=O) groups excluding carboxylic acids is 1. The lowest BCUT2D eigenvalue weighted by molar-refractivity contribution is 0.0697. The van der Waals surface area contributed by atoms with Gasteiger partial charge in [-0.2, -0.15) is 0 Å². The molecular formula is C14H8BrFO3. The molecule has 1 N–H and O–H groups in total. The van der Waals surface area contributed by atoms with Crippen LogP contribution in [0.1, 0.15) is 26.3 Å². The van der Waals surface area contributed by atoms with E-state index in [1.807, 2.05) is 0 Å². The molecule has 2 aromatic carbocycles. The van der Waals surface area contributed by atoms with Crippen molar-refractivity contribution in [2.24, 2.45) is 0 Å². The number of carboxylic acid groups (broad SMARTS) is 1. The third-order valence-electron chi connectivity index (χ3n) is 2.54. The van der Waals surface area contributed by atoms with E-state index in [2.05, 4.69) is 15.9 Å². The fraction of sp³-hybridized carbons (Fsp3) is 0. The molecule has 0 saturated carbocycles. The maximum Gasteiger partial charge on any atom is 0.335 e. The van der Waals surface area contributed by atoms with Crippen LogP contribution in [0.15, 0.2) is 46.9 Å². The van der Waals surface area contributed by atoms with Crippen molar-refractivity contribution in [2.45, 2.75) is 0 Å². The van der Waals surface area contributed by atoms with Crippen molar-refractivity contribution < 1.29 is 19.1 Å². The second-order valence-corrected chi connectivity index (χ2v) is 4.75. The molecule has 0 aliphatic heterocycles. The quantitative estimate of drug-likeness (QED) is 0.880. The molecule has 0 amide bonds. The number of carboxylic acids is 1. The van der Waals surface area contributed by atoms with Crippen LogP contribution in [0.4, 0.5) is 4.39 Å². The predicted molar refractivity (Wildman–Crippen MR) is 70.9 cm³/mol. The summed E-state index contributed by atoms with van der Waals surface area (Å²) in [6.45, 7) is 0. The van der Waals surface area contributed by atoms with E-state index >= 15 is 0 Å². The molecule has 0 fully saturated rings. The molecule has 2 aromatic rings. The van der Waals surface area contributed by atoms with Crippen LogP contribution in [0.25, 0.3) is 0 Å². The summed E-state index contributed by atoms with van der Waals surface area (Å²) in [6.07, 6.45) is 0. The standard InChI is InChI=1S/C14H8BrFO3/c15-10-4-5-12(16)11(7-10)13(17)8-2-1-3-9(6-8)14(18)19/h1-7H,(H,18,19). The summed E-state index contributed by atoms with van der Waals surface area (Å²) in [5.74, 6) is -2.33. The van der Waals surface area contributed by atoms with Gasteiger partial charge in [0, 0.05) is 10.0 Å². The molecule has 0 unspecified atom stereocenters. The lowest BCUT2D eigenvalue weighted by Crippen LogP contribution is -2.06. The van der Waals surface area contributed by atoms with Gasteiger partial charge in [-0.1, -0.05) is 28.1 Å². The van der Waals surface area contributed by atoms with Gasteiger partial charge in [-0.05, 0) is 30.3 Å². The molecule has 0 atom stereocenters. The minimum absolute atomic E-state index is 0.0127. The number of aromatic carboxylic acids is 1. The van der Waals surface area contributed by atoms with E-state index < -0.39 is 17.6 Å². The second-order valence-electron chi connectivity index (χ2n) is 3.84. The van der Waals surface area contributed by atoms with Gasteiger partial charge in [0.2, 0.25) is 0 Å². The Balaban J connectivity index is 2.47. The number of carbonyl (C=O) groups is 2. The lowest BCUT2D eigenvalue weighted by Gasteiger charge is -2.04. The fourth-order valence-corrected chi connectivity index (χ4v) is 1.98. The van der Waals surface area contributed by atoms with Gasteiger partial charge in [-0.3, -0.25) is 4.79 Å². The first kappa shape index (κ1) is 13.4. The largest absolute Gasteiger partial charge is 0.478 e. The van der Waals surface area contributed by atoms with Gasteiger partial charge >= 0.3 is 5.97 Å². The molecule has 0 aromatic heterocycles. The van der Waals surface area contributed by atoms with Gasteiger partial charge < -0.3 is 5.11 Å². The molecule has 0 saturated heterocycles. The van der Waals surface area contributed by atoms with Crippen LogP contribution < -0.4 is 0 Å². The molecule has 19 heavy (non-hydrogen) atoms. The third kappa shape index (κ3) is 2.88. The first-order valence-electron chi connectivity index (χ1n) is 5.32. The zero-order chi connectivity index (χ0) is 14.0. The molecular weight excluding hydrogens is 315 g/mol. The van der Waals surface area contributed by atoms with Crippen molar-refractivity contribution in [3.8, 4) is 0 Å². The monoisotopic (exact) mass is 322 g/mol. The maximum absolute atomic E-state index is 13.6. The highest BCUT2D eigenvalue weighted by atomic mass is 79.9. The predicted octanol–water partition coefficient (Wildman–Crippen LogP) is 3.52. The Labute approximate surface area is 116 Å². The average Bonchev–Trinajstić information content (AvgIpc) is 2.41. The topological polar surface area (TPSA) is 54.4 Å². The summed E-state index contributed by atoms with van der Waals surface area (Å²) in [6, 6.07) is 9.53. The van der Waals surface area contributed by atoms with Crippen LogP contribution in [-0.2, 0) is 0 Å². The minimum Gasteiger partial charge on any atom is -0.478 e. The van der Waals surface area contributed by atoms with Gasteiger partial charge in [0.1, 0.15) is 5.82 Å². The Hall–Kier alpha value is -2.01. The molecule has 5 heteroatoms. The van der Waals surface area contributed by atoms with Crippen LogP contribution in [0, 0.1) is 5.82 Å². The van der Waals surface area contributed by atoms with E-state index in [1.54, 1.807) is 0 Å². The Bertz CT molecular complexity index is 667. The number of hydrogen-bond donors (Lipinski definition) is 1. The van der Waals surface area contributed by atoms with Crippen LogP contribution in [-0.4, -0.2) is 16.9 Å². The minimum atomic E-state index is -1.13. The molecule has 3 nitrogen and oxygen atoms in total. The van der Waals surface area contributed by atoms with Gasteiger partial charge in [0.05, 0.1) is 11.1 Å². The van der Waals surface area contributed by atoms with E-state index in [1.165, 1.54) is 42.5 Å². The van der Waals surface area contributed by atoms with Crippen molar-refractivity contribution in [3.63, 3.8) is 0 Å². The second kappa shape index (κ2) is 5.32. The summed E-state index contributed by atoms with van der Waals surface area (Å²) >= 11 is 3.16. The van der Waals surface area contributed by atoms with E-state index in [-0.39, 0.29) is 16.7 Å². The first-order chi connectivity index (χ1) is 8.99. The summed E-state index contributed by atoms with van der Waals surface area (Å²) in [7, 11) is 0. The lowest BCUT2D eigenvalue weighted by atomic mass is 10.0. The average molecular weight is 323 g/mol. The van der Waals surface area contributed by atoms with Gasteiger partial charge in [0.15, 0.2) is 5.78 Å². The summed E-state index contributed by atoms with van der Waals surface area (Å²) in [5.41, 5.74) is 0.0232. The Morgan fingerprint density at radius 1 is 1.05 bits per heavy atom. The number of hydrogen-bond acceptors (Lipinski definition) is 2. The molecule has 0 aliphatic rings. The van der Waals surface area contributed by atoms with Crippen molar-refractivity contribution >= 4 is 27.7 Å². The van der Waals surface area contributed by atoms with Crippen molar-refractivity contribution in [2.75, 3.05) is 0 Å². The van der Waals surface area contributed by atoms with E-state index in [4.69, 9.17) is 5.11 Å². The highest BCUT2D eigenvalue weighted by molar-refractivity contribution is 9.10. The maximum atomic E-state index is 13.6. The van der Waals surface area contributed by atoms with Crippen LogP contribution >= 0.6 is 15.9 Å². The number of halogens is 2. The normalized spacial score (nSPS) is 10.2. The van der Waals surface area contributed by atoms with Gasteiger partial charge in [-0.15, -0.1) is 0 Å². The molecule has 2 rings (SSSR count). The van der Waals surface area contributed by atoms with E-state index in [9.17, 15) is 14.0 Å². The van der Waals surface area contributed by atoms with Crippen LogP contribution in [0.2, 0.25) is 0 Å². The molecule has 0 spiro atoms. The molecule has 96 valence electrons. The molecule has 0 aliphatic carbocycles. The van der Waals surface area contributed by atoms with E-state index in [0.29, 0.717) is 4.47 Å². The number of rotatable bonds is 3. The third-order valence-corrected chi connectivity index (χ3v) is 3.04. The van der Waals surface area contributed by atoms with Crippen LogP contribution in [0.5, 0.6) is 0 Å². The zero-order valence-electron chi connectivity index (χ0n) is 9.56. The SMILES string of the molecule is O=C(O)c1cccc(C(=O)c2cc(Br)ccc2F)c1. The highest BCUT2D eigenvalue weighted by Gasteiger charge is 2.15. The summed E-state index contributed by atoms with van der Waals surface area (Å²) < 4.78 is 14.2.